The molecule has 3 heterocycles. The zero-order valence-corrected chi connectivity index (χ0v) is 17.8. The van der Waals surface area contributed by atoms with Crippen LogP contribution in [0.25, 0.3) is 5.69 Å². The molecule has 1 saturated heterocycles. The number of thiophene rings is 1. The summed E-state index contributed by atoms with van der Waals surface area (Å²) in [6.45, 7) is 8.17. The van der Waals surface area contributed by atoms with Gasteiger partial charge in [-0.3, -0.25) is 14.3 Å². The zero-order chi connectivity index (χ0) is 19.7. The topological polar surface area (TPSA) is 33.4 Å². The number of amides is 1. The van der Waals surface area contributed by atoms with Crippen molar-refractivity contribution < 1.29 is 4.79 Å². The molecule has 1 aromatic carbocycles. The van der Waals surface area contributed by atoms with Gasteiger partial charge >= 0.3 is 0 Å². The molecule has 5 nitrogen and oxygen atoms in total. The maximum Gasteiger partial charge on any atom is 0.264 e. The van der Waals surface area contributed by atoms with Crippen molar-refractivity contribution >= 4 is 29.5 Å². The van der Waals surface area contributed by atoms with Crippen molar-refractivity contribution in [2.75, 3.05) is 26.2 Å². The highest BCUT2D eigenvalue weighted by molar-refractivity contribution is 7.71. The molecule has 0 unspecified atom stereocenters. The molecule has 0 aliphatic carbocycles. The van der Waals surface area contributed by atoms with E-state index in [0.717, 1.165) is 48.2 Å². The maximum atomic E-state index is 12.5. The smallest absolute Gasteiger partial charge is 0.264 e. The largest absolute Gasteiger partial charge is 0.335 e. The number of benzene rings is 1. The first-order valence-electron chi connectivity index (χ1n) is 9.43. The highest BCUT2D eigenvalue weighted by Crippen LogP contribution is 2.17. The van der Waals surface area contributed by atoms with Crippen LogP contribution in [0.5, 0.6) is 0 Å². The molecular weight excluding hydrogens is 388 g/mol. The van der Waals surface area contributed by atoms with Gasteiger partial charge in [-0.1, -0.05) is 12.1 Å². The number of hydrogen-bond acceptors (Lipinski definition) is 4. The van der Waals surface area contributed by atoms with Crippen molar-refractivity contribution in [3.63, 3.8) is 0 Å². The van der Waals surface area contributed by atoms with E-state index in [0.29, 0.717) is 0 Å². The summed E-state index contributed by atoms with van der Waals surface area (Å²) in [5.41, 5.74) is 3.57. The second kappa shape index (κ2) is 8.03. The van der Waals surface area contributed by atoms with Crippen LogP contribution in [0.3, 0.4) is 0 Å². The monoisotopic (exact) mass is 412 g/mol. The van der Waals surface area contributed by atoms with Gasteiger partial charge in [0.05, 0.1) is 11.5 Å². The maximum absolute atomic E-state index is 12.5. The lowest BCUT2D eigenvalue weighted by atomic mass is 10.1. The predicted molar refractivity (Wildman–Crippen MR) is 116 cm³/mol. The lowest BCUT2D eigenvalue weighted by Crippen LogP contribution is -2.48. The number of rotatable bonds is 4. The molecule has 3 aromatic rings. The van der Waals surface area contributed by atoms with Gasteiger partial charge in [0.15, 0.2) is 4.77 Å². The standard InChI is InChI=1S/C21H24N4OS2/c1-16-12-17(2)14-18(13-16)25-10-9-24(21(25)27)15-22-5-7-23(8-6-22)20(26)19-4-3-11-28-19/h3-4,9-14H,5-8,15H2,1-2H3. The van der Waals surface area contributed by atoms with Gasteiger partial charge in [0.25, 0.3) is 5.91 Å². The van der Waals surface area contributed by atoms with E-state index in [2.05, 4.69) is 46.1 Å². The van der Waals surface area contributed by atoms with E-state index in [1.165, 1.54) is 22.5 Å². The minimum Gasteiger partial charge on any atom is -0.335 e. The highest BCUT2D eigenvalue weighted by atomic mass is 32.1. The Morgan fingerprint density at radius 3 is 2.43 bits per heavy atom. The number of imidazole rings is 1. The first kappa shape index (κ1) is 19.1. The molecule has 0 saturated carbocycles. The summed E-state index contributed by atoms with van der Waals surface area (Å²) in [6.07, 6.45) is 4.08. The molecule has 0 spiro atoms. The van der Waals surface area contributed by atoms with Gasteiger partial charge < -0.3 is 9.47 Å². The summed E-state index contributed by atoms with van der Waals surface area (Å²) in [5, 5.41) is 1.95. The molecule has 0 N–H and O–H groups in total. The Morgan fingerprint density at radius 2 is 1.79 bits per heavy atom. The predicted octanol–water partition coefficient (Wildman–Crippen LogP) is 4.10. The van der Waals surface area contributed by atoms with Crippen LogP contribution in [0.4, 0.5) is 0 Å². The van der Waals surface area contributed by atoms with E-state index < -0.39 is 0 Å². The van der Waals surface area contributed by atoms with Crippen LogP contribution in [0.15, 0.2) is 48.1 Å². The van der Waals surface area contributed by atoms with Crippen molar-refractivity contribution in [1.29, 1.82) is 0 Å². The highest BCUT2D eigenvalue weighted by Gasteiger charge is 2.22. The van der Waals surface area contributed by atoms with E-state index in [1.807, 2.05) is 34.8 Å². The molecule has 4 rings (SSSR count). The fourth-order valence-corrected chi connectivity index (χ4v) is 4.65. The number of piperazine rings is 1. The third-order valence-electron chi connectivity index (χ3n) is 5.08. The van der Waals surface area contributed by atoms with Gasteiger partial charge in [0, 0.05) is 44.3 Å². The SMILES string of the molecule is Cc1cc(C)cc(-n2ccn(CN3CCN(C(=O)c4cccs4)CC3)c2=S)c1. The van der Waals surface area contributed by atoms with Crippen LogP contribution in [0, 0.1) is 18.6 Å². The molecular formula is C21H24N4OS2. The number of carbonyl (C=O) groups excluding carboxylic acids is 1. The Bertz CT molecular complexity index is 1010. The summed E-state index contributed by atoms with van der Waals surface area (Å²) in [5.74, 6) is 0.146. The molecule has 1 aliphatic heterocycles. The average molecular weight is 413 g/mol. The summed E-state index contributed by atoms with van der Waals surface area (Å²) >= 11 is 7.22. The third kappa shape index (κ3) is 3.97. The van der Waals surface area contributed by atoms with E-state index >= 15 is 0 Å². The Hall–Kier alpha value is -2.22. The van der Waals surface area contributed by atoms with Gasteiger partial charge in [-0.05, 0) is 60.8 Å². The average Bonchev–Trinajstić information content (AvgIpc) is 3.32. The molecule has 0 radical (unpaired) electrons. The first-order chi connectivity index (χ1) is 13.5. The van der Waals surface area contributed by atoms with Crippen molar-refractivity contribution in [1.82, 2.24) is 18.9 Å². The van der Waals surface area contributed by atoms with Crippen LogP contribution in [-0.2, 0) is 6.67 Å². The summed E-state index contributed by atoms with van der Waals surface area (Å²) in [6, 6.07) is 10.3. The van der Waals surface area contributed by atoms with Crippen molar-refractivity contribution in [3.05, 3.63) is 68.9 Å². The van der Waals surface area contributed by atoms with E-state index in [9.17, 15) is 4.79 Å². The number of aryl methyl sites for hydroxylation is 2. The van der Waals surface area contributed by atoms with Gasteiger partial charge in [-0.15, -0.1) is 11.3 Å². The Balaban J connectivity index is 1.41. The number of nitrogens with zero attached hydrogens (tertiary/aromatic N) is 4. The van der Waals surface area contributed by atoms with Gasteiger partial charge in [0.2, 0.25) is 0 Å². The fraction of sp³-hybridized carbons (Fsp3) is 0.333. The Labute approximate surface area is 174 Å². The summed E-state index contributed by atoms with van der Waals surface area (Å²) in [4.78, 5) is 17.6. The third-order valence-corrected chi connectivity index (χ3v) is 6.36. The molecule has 0 bridgehead atoms. The Kier molecular flexibility index (Phi) is 5.48. The number of carbonyl (C=O) groups is 1. The molecule has 2 aromatic heterocycles. The molecule has 1 fully saturated rings. The minimum absolute atomic E-state index is 0.146. The van der Waals surface area contributed by atoms with Gasteiger partial charge in [0.1, 0.15) is 0 Å². The lowest BCUT2D eigenvalue weighted by Gasteiger charge is -2.34. The zero-order valence-electron chi connectivity index (χ0n) is 16.2. The number of hydrogen-bond donors (Lipinski definition) is 0. The summed E-state index contributed by atoms with van der Waals surface area (Å²) in [7, 11) is 0. The van der Waals surface area contributed by atoms with E-state index in [4.69, 9.17) is 12.2 Å². The van der Waals surface area contributed by atoms with Crippen molar-refractivity contribution in [2.24, 2.45) is 0 Å². The second-order valence-electron chi connectivity index (χ2n) is 7.30. The number of aromatic nitrogens is 2. The fourth-order valence-electron chi connectivity index (χ4n) is 3.67. The lowest BCUT2D eigenvalue weighted by molar-refractivity contribution is 0.0598. The van der Waals surface area contributed by atoms with Gasteiger partial charge in [-0.25, -0.2) is 0 Å². The Morgan fingerprint density at radius 1 is 1.07 bits per heavy atom. The van der Waals surface area contributed by atoms with E-state index in [1.54, 1.807) is 0 Å². The van der Waals surface area contributed by atoms with Crippen LogP contribution in [0.1, 0.15) is 20.8 Å². The molecule has 28 heavy (non-hydrogen) atoms. The second-order valence-corrected chi connectivity index (χ2v) is 8.61. The molecule has 7 heteroatoms. The van der Waals surface area contributed by atoms with E-state index in [-0.39, 0.29) is 5.91 Å². The molecule has 1 amide bonds. The molecule has 146 valence electrons. The first-order valence-corrected chi connectivity index (χ1v) is 10.7. The quantitative estimate of drug-likeness (QED) is 0.605. The molecule has 0 atom stereocenters. The normalized spacial score (nSPS) is 15.1. The van der Waals surface area contributed by atoms with Crippen LogP contribution in [-0.4, -0.2) is 51.0 Å². The summed E-state index contributed by atoms with van der Waals surface area (Å²) < 4.78 is 4.96. The van der Waals surface area contributed by atoms with Crippen LogP contribution < -0.4 is 0 Å². The van der Waals surface area contributed by atoms with Crippen LogP contribution in [0.2, 0.25) is 0 Å². The van der Waals surface area contributed by atoms with Crippen molar-refractivity contribution in [2.45, 2.75) is 20.5 Å². The molecule has 1 aliphatic rings. The van der Waals surface area contributed by atoms with Gasteiger partial charge in [-0.2, -0.15) is 0 Å². The minimum atomic E-state index is 0.146. The van der Waals surface area contributed by atoms with Crippen LogP contribution >= 0.6 is 23.6 Å². The van der Waals surface area contributed by atoms with Crippen molar-refractivity contribution in [3.8, 4) is 5.69 Å².